The first-order chi connectivity index (χ1) is 7.92. The molecule has 2 nitrogen and oxygen atoms in total. The van der Waals surface area contributed by atoms with Crippen molar-refractivity contribution in [2.24, 2.45) is 5.16 Å². The molecular weight excluding hydrogens is 198 g/mol. The fourth-order valence-electron chi connectivity index (χ4n) is 2.03. The lowest BCUT2D eigenvalue weighted by Gasteiger charge is -2.06. The third-order valence-electron chi connectivity index (χ3n) is 2.81. The van der Waals surface area contributed by atoms with Gasteiger partial charge in [0.2, 0.25) is 0 Å². The minimum Gasteiger partial charge on any atom is -0.391 e. The lowest BCUT2D eigenvalue weighted by atomic mass is 10.0. The number of hydrogen-bond acceptors (Lipinski definition) is 2. The molecule has 0 aliphatic heterocycles. The number of oxime groups is 1. The number of rotatable bonds is 3. The second-order valence-electron chi connectivity index (χ2n) is 3.99. The molecule has 0 saturated heterocycles. The molecule has 1 aliphatic carbocycles. The molecule has 0 heterocycles. The van der Waals surface area contributed by atoms with Crippen molar-refractivity contribution in [1.82, 2.24) is 0 Å². The largest absolute Gasteiger partial charge is 0.391 e. The first-order valence-corrected chi connectivity index (χ1v) is 5.80. The highest BCUT2D eigenvalue weighted by atomic mass is 16.6. The van der Waals surface area contributed by atoms with Gasteiger partial charge in [-0.3, -0.25) is 0 Å². The van der Waals surface area contributed by atoms with Gasteiger partial charge in [-0.05, 0) is 31.2 Å². The zero-order valence-electron chi connectivity index (χ0n) is 9.48. The molecule has 84 valence electrons. The van der Waals surface area contributed by atoms with E-state index < -0.39 is 0 Å². The summed E-state index contributed by atoms with van der Waals surface area (Å²) in [4.78, 5) is 5.20. The van der Waals surface area contributed by atoms with E-state index in [1.807, 2.05) is 0 Å². The van der Waals surface area contributed by atoms with Crippen LogP contribution in [0.15, 0.2) is 42.1 Å². The highest BCUT2D eigenvalue weighted by Gasteiger charge is 2.13. The predicted molar refractivity (Wildman–Crippen MR) is 66.7 cm³/mol. The molecule has 0 amide bonds. The normalized spacial score (nSPS) is 17.6. The molecule has 2 rings (SSSR count). The van der Waals surface area contributed by atoms with E-state index in [1.54, 1.807) is 6.08 Å². The van der Waals surface area contributed by atoms with Crippen LogP contribution in [0.4, 0.5) is 0 Å². The molecule has 1 aromatic carbocycles. The minimum absolute atomic E-state index is 0.478. The highest BCUT2D eigenvalue weighted by molar-refractivity contribution is 6.01. The average molecular weight is 215 g/mol. The SMILES string of the molecule is C=CCON=C1CCCCc2ccccc21. The summed E-state index contributed by atoms with van der Waals surface area (Å²) in [6.45, 7) is 4.09. The molecule has 0 bridgehead atoms. The van der Waals surface area contributed by atoms with Crippen molar-refractivity contribution in [2.75, 3.05) is 6.61 Å². The molecule has 0 saturated carbocycles. The maximum Gasteiger partial charge on any atom is 0.135 e. The Kier molecular flexibility index (Phi) is 3.76. The zero-order valence-corrected chi connectivity index (χ0v) is 9.48. The molecule has 0 unspecified atom stereocenters. The Bertz CT molecular complexity index is 395. The van der Waals surface area contributed by atoms with E-state index in [9.17, 15) is 0 Å². The maximum atomic E-state index is 5.20. The smallest absolute Gasteiger partial charge is 0.135 e. The van der Waals surface area contributed by atoms with Gasteiger partial charge in [-0.25, -0.2) is 0 Å². The van der Waals surface area contributed by atoms with E-state index in [1.165, 1.54) is 24.0 Å². The van der Waals surface area contributed by atoms with E-state index in [0.29, 0.717) is 6.61 Å². The van der Waals surface area contributed by atoms with Gasteiger partial charge < -0.3 is 4.84 Å². The van der Waals surface area contributed by atoms with Crippen LogP contribution in [0.1, 0.15) is 30.4 Å². The Labute approximate surface area is 96.6 Å². The summed E-state index contributed by atoms with van der Waals surface area (Å²) in [6.07, 6.45) is 6.29. The molecule has 0 N–H and O–H groups in total. The van der Waals surface area contributed by atoms with Gasteiger partial charge in [0, 0.05) is 5.56 Å². The standard InChI is InChI=1S/C14H17NO/c1-2-11-16-15-14-10-6-4-8-12-7-3-5-9-13(12)14/h2-3,5,7,9H,1,4,6,8,10-11H2. The topological polar surface area (TPSA) is 21.6 Å². The summed E-state index contributed by atoms with van der Waals surface area (Å²) in [7, 11) is 0. The summed E-state index contributed by atoms with van der Waals surface area (Å²) in [6, 6.07) is 8.47. The van der Waals surface area contributed by atoms with Gasteiger partial charge in [0.15, 0.2) is 0 Å². The van der Waals surface area contributed by atoms with E-state index in [2.05, 4.69) is 36.0 Å². The van der Waals surface area contributed by atoms with Crippen LogP contribution in [0.2, 0.25) is 0 Å². The second kappa shape index (κ2) is 5.50. The minimum atomic E-state index is 0.478. The van der Waals surface area contributed by atoms with Gasteiger partial charge in [0.25, 0.3) is 0 Å². The van der Waals surface area contributed by atoms with Crippen LogP contribution in [0, 0.1) is 0 Å². The van der Waals surface area contributed by atoms with Gasteiger partial charge in [-0.2, -0.15) is 0 Å². The lowest BCUT2D eigenvalue weighted by molar-refractivity contribution is 0.174. The Morgan fingerprint density at radius 2 is 2.06 bits per heavy atom. The molecule has 1 aromatic rings. The van der Waals surface area contributed by atoms with Crippen LogP contribution >= 0.6 is 0 Å². The monoisotopic (exact) mass is 215 g/mol. The van der Waals surface area contributed by atoms with Gasteiger partial charge >= 0.3 is 0 Å². The summed E-state index contributed by atoms with van der Waals surface area (Å²) < 4.78 is 0. The second-order valence-corrected chi connectivity index (χ2v) is 3.99. The third kappa shape index (κ3) is 2.51. The third-order valence-corrected chi connectivity index (χ3v) is 2.81. The van der Waals surface area contributed by atoms with E-state index >= 15 is 0 Å². The van der Waals surface area contributed by atoms with Gasteiger partial charge in [-0.15, -0.1) is 0 Å². The summed E-state index contributed by atoms with van der Waals surface area (Å²) in [5.74, 6) is 0. The van der Waals surface area contributed by atoms with E-state index in [0.717, 1.165) is 18.6 Å². The Morgan fingerprint density at radius 1 is 1.25 bits per heavy atom. The maximum absolute atomic E-state index is 5.20. The molecule has 0 radical (unpaired) electrons. The Balaban J connectivity index is 2.25. The summed E-state index contributed by atoms with van der Waals surface area (Å²) >= 11 is 0. The van der Waals surface area contributed by atoms with Crippen molar-refractivity contribution in [3.63, 3.8) is 0 Å². The van der Waals surface area contributed by atoms with Crippen LogP contribution in [0.25, 0.3) is 0 Å². The first-order valence-electron chi connectivity index (χ1n) is 5.80. The van der Waals surface area contributed by atoms with Crippen molar-refractivity contribution >= 4 is 5.71 Å². The number of benzene rings is 1. The van der Waals surface area contributed by atoms with Crippen molar-refractivity contribution in [3.8, 4) is 0 Å². The first kappa shape index (κ1) is 10.9. The van der Waals surface area contributed by atoms with Crippen LogP contribution in [-0.4, -0.2) is 12.3 Å². The molecule has 0 aromatic heterocycles. The molecule has 2 heteroatoms. The fourth-order valence-corrected chi connectivity index (χ4v) is 2.03. The Morgan fingerprint density at radius 3 is 2.94 bits per heavy atom. The molecule has 0 spiro atoms. The van der Waals surface area contributed by atoms with Gasteiger partial charge in [0.1, 0.15) is 6.61 Å². The number of nitrogens with zero attached hydrogens (tertiary/aromatic N) is 1. The Hall–Kier alpha value is -1.57. The molecule has 0 atom stereocenters. The van der Waals surface area contributed by atoms with Crippen LogP contribution < -0.4 is 0 Å². The van der Waals surface area contributed by atoms with Crippen molar-refractivity contribution in [3.05, 3.63) is 48.0 Å². The highest BCUT2D eigenvalue weighted by Crippen LogP contribution is 2.20. The lowest BCUT2D eigenvalue weighted by Crippen LogP contribution is -2.03. The average Bonchev–Trinajstić information content (AvgIpc) is 2.52. The van der Waals surface area contributed by atoms with Gasteiger partial charge in [0.05, 0.1) is 5.71 Å². The van der Waals surface area contributed by atoms with Crippen LogP contribution in [0.3, 0.4) is 0 Å². The molecule has 0 fully saturated rings. The number of fused-ring (bicyclic) bond motifs is 1. The van der Waals surface area contributed by atoms with Crippen LogP contribution in [0.5, 0.6) is 0 Å². The van der Waals surface area contributed by atoms with E-state index in [4.69, 9.17) is 4.84 Å². The number of hydrogen-bond donors (Lipinski definition) is 0. The van der Waals surface area contributed by atoms with Crippen molar-refractivity contribution in [1.29, 1.82) is 0 Å². The zero-order chi connectivity index (χ0) is 11.2. The van der Waals surface area contributed by atoms with Crippen molar-refractivity contribution < 1.29 is 4.84 Å². The number of aryl methyl sites for hydroxylation is 1. The molecular formula is C14H17NO. The van der Waals surface area contributed by atoms with Gasteiger partial charge in [-0.1, -0.05) is 42.1 Å². The predicted octanol–water partition coefficient (Wildman–Crippen LogP) is 3.32. The fraction of sp³-hybridized carbons (Fsp3) is 0.357. The van der Waals surface area contributed by atoms with Crippen molar-refractivity contribution in [2.45, 2.75) is 25.7 Å². The quantitative estimate of drug-likeness (QED) is 0.328. The van der Waals surface area contributed by atoms with Crippen LogP contribution in [-0.2, 0) is 11.3 Å². The van der Waals surface area contributed by atoms with E-state index in [-0.39, 0.29) is 0 Å². The molecule has 1 aliphatic rings. The molecule has 16 heavy (non-hydrogen) atoms. The summed E-state index contributed by atoms with van der Waals surface area (Å²) in [5, 5.41) is 4.22. The summed E-state index contributed by atoms with van der Waals surface area (Å²) in [5.41, 5.74) is 3.72.